The molecule has 3 aromatic rings. The van der Waals surface area contributed by atoms with Gasteiger partial charge in [0.15, 0.2) is 0 Å². The molecule has 0 saturated carbocycles. The van der Waals surface area contributed by atoms with E-state index in [1.807, 2.05) is 50.2 Å². The van der Waals surface area contributed by atoms with Crippen molar-refractivity contribution in [3.05, 3.63) is 69.9 Å². The Morgan fingerprint density at radius 1 is 1.05 bits per heavy atom. The van der Waals surface area contributed by atoms with Crippen LogP contribution >= 0.6 is 11.6 Å². The highest BCUT2D eigenvalue weighted by Gasteiger charge is 2.18. The molecule has 1 aromatic heterocycles. The maximum absolute atomic E-state index is 10.5. The number of benzene rings is 2. The number of hydrogen-bond acceptors (Lipinski definition) is 2. The van der Waals surface area contributed by atoms with Crippen LogP contribution in [-0.4, -0.2) is 5.11 Å². The van der Waals surface area contributed by atoms with E-state index in [4.69, 9.17) is 16.0 Å². The minimum Gasteiger partial charge on any atom is -0.458 e. The third-order valence-electron chi connectivity index (χ3n) is 3.57. The van der Waals surface area contributed by atoms with Gasteiger partial charge < -0.3 is 9.52 Å². The smallest absolute Gasteiger partial charge is 0.138 e. The Kier molecular flexibility index (Phi) is 3.28. The van der Waals surface area contributed by atoms with Crippen LogP contribution in [0.15, 0.2) is 46.9 Å². The summed E-state index contributed by atoms with van der Waals surface area (Å²) >= 11 is 6.01. The Morgan fingerprint density at radius 3 is 2.60 bits per heavy atom. The average Bonchev–Trinajstić information content (AvgIpc) is 2.86. The van der Waals surface area contributed by atoms with E-state index in [1.54, 1.807) is 6.07 Å². The summed E-state index contributed by atoms with van der Waals surface area (Å²) < 4.78 is 5.82. The van der Waals surface area contributed by atoms with E-state index in [9.17, 15) is 5.11 Å². The molecule has 3 heteroatoms. The molecule has 1 unspecified atom stereocenters. The first-order valence-corrected chi connectivity index (χ1v) is 6.87. The molecule has 102 valence electrons. The van der Waals surface area contributed by atoms with Crippen LogP contribution in [0.1, 0.15) is 28.6 Å². The van der Waals surface area contributed by atoms with Gasteiger partial charge in [0.2, 0.25) is 0 Å². The zero-order valence-corrected chi connectivity index (χ0v) is 12.1. The minimum absolute atomic E-state index is 0.541. The second kappa shape index (κ2) is 4.97. The number of hydrogen-bond donors (Lipinski definition) is 1. The molecule has 0 fully saturated rings. The molecule has 2 aromatic carbocycles. The van der Waals surface area contributed by atoms with Crippen molar-refractivity contribution in [3.63, 3.8) is 0 Å². The first-order valence-electron chi connectivity index (χ1n) is 6.49. The summed E-state index contributed by atoms with van der Waals surface area (Å²) in [6.07, 6.45) is -0.805. The van der Waals surface area contributed by atoms with Crippen LogP contribution in [0.2, 0.25) is 5.02 Å². The van der Waals surface area contributed by atoms with Gasteiger partial charge in [0.05, 0.1) is 0 Å². The van der Waals surface area contributed by atoms with Crippen LogP contribution in [0, 0.1) is 13.8 Å². The van der Waals surface area contributed by atoms with E-state index < -0.39 is 6.10 Å². The summed E-state index contributed by atoms with van der Waals surface area (Å²) in [5.41, 5.74) is 3.64. The normalized spacial score (nSPS) is 12.8. The fraction of sp³-hybridized carbons (Fsp3) is 0.176. The number of rotatable bonds is 2. The molecule has 1 atom stereocenters. The molecule has 0 amide bonds. The Balaban J connectivity index is 2.10. The van der Waals surface area contributed by atoms with Gasteiger partial charge in [-0.05, 0) is 48.7 Å². The molecule has 3 rings (SSSR count). The maximum atomic E-state index is 10.5. The van der Waals surface area contributed by atoms with Gasteiger partial charge >= 0.3 is 0 Å². The highest BCUT2D eigenvalue weighted by molar-refractivity contribution is 6.30. The fourth-order valence-corrected chi connectivity index (χ4v) is 2.60. The number of para-hydroxylation sites is 1. The molecular formula is C17H15ClO2. The van der Waals surface area contributed by atoms with E-state index in [-0.39, 0.29) is 0 Å². The maximum Gasteiger partial charge on any atom is 0.138 e. The molecule has 1 heterocycles. The van der Waals surface area contributed by atoms with Crippen LogP contribution in [-0.2, 0) is 0 Å². The van der Waals surface area contributed by atoms with E-state index in [2.05, 4.69) is 0 Å². The second-order valence-electron chi connectivity index (χ2n) is 5.05. The summed E-state index contributed by atoms with van der Waals surface area (Å²) in [7, 11) is 0. The highest BCUT2D eigenvalue weighted by Crippen LogP contribution is 2.32. The monoisotopic (exact) mass is 286 g/mol. The molecule has 20 heavy (non-hydrogen) atoms. The molecule has 1 N–H and O–H groups in total. The standard InChI is InChI=1S/C17H15ClO2/c1-10-6-7-13(18)9-14(10)16(19)15-8-12-5-3-4-11(2)17(12)20-15/h3-9,16,19H,1-2H3. The molecule has 0 aliphatic heterocycles. The van der Waals surface area contributed by atoms with Crippen LogP contribution in [0.25, 0.3) is 11.0 Å². The number of aliphatic hydroxyl groups excluding tert-OH is 1. The molecule has 0 radical (unpaired) electrons. The van der Waals surface area contributed by atoms with Crippen LogP contribution in [0.4, 0.5) is 0 Å². The van der Waals surface area contributed by atoms with E-state index >= 15 is 0 Å². The lowest BCUT2D eigenvalue weighted by atomic mass is 10.0. The zero-order chi connectivity index (χ0) is 14.3. The van der Waals surface area contributed by atoms with Gasteiger partial charge in [-0.15, -0.1) is 0 Å². The highest BCUT2D eigenvalue weighted by atomic mass is 35.5. The molecule has 0 aliphatic rings. The van der Waals surface area contributed by atoms with Crippen molar-refractivity contribution in [2.75, 3.05) is 0 Å². The summed E-state index contributed by atoms with van der Waals surface area (Å²) in [4.78, 5) is 0. The third kappa shape index (κ3) is 2.21. The van der Waals surface area contributed by atoms with Gasteiger partial charge in [-0.1, -0.05) is 35.9 Å². The zero-order valence-electron chi connectivity index (χ0n) is 11.4. The van der Waals surface area contributed by atoms with Gasteiger partial charge in [0.25, 0.3) is 0 Å². The number of halogens is 1. The SMILES string of the molecule is Cc1ccc(Cl)cc1C(O)c1cc2cccc(C)c2o1. The van der Waals surface area contributed by atoms with Crippen molar-refractivity contribution >= 4 is 22.6 Å². The molecule has 0 saturated heterocycles. The van der Waals surface area contributed by atoms with Gasteiger partial charge in [0, 0.05) is 10.4 Å². The first-order chi connectivity index (χ1) is 9.56. The lowest BCUT2D eigenvalue weighted by Gasteiger charge is -2.11. The molecule has 0 bridgehead atoms. The predicted molar refractivity (Wildman–Crippen MR) is 81.2 cm³/mol. The quantitative estimate of drug-likeness (QED) is 0.735. The summed E-state index contributed by atoms with van der Waals surface area (Å²) in [5.74, 6) is 0.541. The Bertz CT molecular complexity index is 774. The van der Waals surface area contributed by atoms with Crippen molar-refractivity contribution in [1.82, 2.24) is 0 Å². The van der Waals surface area contributed by atoms with Gasteiger partial charge in [-0.2, -0.15) is 0 Å². The van der Waals surface area contributed by atoms with Crippen molar-refractivity contribution in [2.45, 2.75) is 20.0 Å². The minimum atomic E-state index is -0.805. The Morgan fingerprint density at radius 2 is 1.85 bits per heavy atom. The largest absolute Gasteiger partial charge is 0.458 e. The topological polar surface area (TPSA) is 33.4 Å². The lowest BCUT2D eigenvalue weighted by Crippen LogP contribution is -2.00. The Labute approximate surface area is 122 Å². The number of aryl methyl sites for hydroxylation is 2. The van der Waals surface area contributed by atoms with Crippen molar-refractivity contribution in [3.8, 4) is 0 Å². The second-order valence-corrected chi connectivity index (χ2v) is 5.48. The average molecular weight is 287 g/mol. The van der Waals surface area contributed by atoms with E-state index in [0.29, 0.717) is 10.8 Å². The van der Waals surface area contributed by atoms with E-state index in [0.717, 1.165) is 27.7 Å². The summed E-state index contributed by atoms with van der Waals surface area (Å²) in [6.45, 7) is 3.94. The molecule has 2 nitrogen and oxygen atoms in total. The van der Waals surface area contributed by atoms with Crippen LogP contribution < -0.4 is 0 Å². The summed E-state index contributed by atoms with van der Waals surface area (Å²) in [5, 5.41) is 12.1. The number of aliphatic hydroxyl groups is 1. The van der Waals surface area contributed by atoms with Crippen molar-refractivity contribution in [1.29, 1.82) is 0 Å². The molecule has 0 spiro atoms. The molecule has 0 aliphatic carbocycles. The Hall–Kier alpha value is -1.77. The number of fused-ring (bicyclic) bond motifs is 1. The third-order valence-corrected chi connectivity index (χ3v) is 3.80. The van der Waals surface area contributed by atoms with Gasteiger partial charge in [0.1, 0.15) is 17.4 Å². The van der Waals surface area contributed by atoms with Gasteiger partial charge in [-0.3, -0.25) is 0 Å². The van der Waals surface area contributed by atoms with Gasteiger partial charge in [-0.25, -0.2) is 0 Å². The lowest BCUT2D eigenvalue weighted by molar-refractivity contribution is 0.191. The van der Waals surface area contributed by atoms with Crippen LogP contribution in [0.3, 0.4) is 0 Å². The fourth-order valence-electron chi connectivity index (χ4n) is 2.42. The number of furan rings is 1. The van der Waals surface area contributed by atoms with Crippen molar-refractivity contribution < 1.29 is 9.52 Å². The molecular weight excluding hydrogens is 272 g/mol. The first kappa shape index (κ1) is 13.2. The van der Waals surface area contributed by atoms with Crippen LogP contribution in [0.5, 0.6) is 0 Å². The van der Waals surface area contributed by atoms with E-state index in [1.165, 1.54) is 0 Å². The predicted octanol–water partition coefficient (Wildman–Crippen LogP) is 4.78. The van der Waals surface area contributed by atoms with Crippen molar-refractivity contribution in [2.24, 2.45) is 0 Å². The summed E-state index contributed by atoms with van der Waals surface area (Å²) in [6, 6.07) is 13.3.